The van der Waals surface area contributed by atoms with Crippen LogP contribution in [0.3, 0.4) is 0 Å². The Morgan fingerprint density at radius 1 is 0.423 bits per heavy atom. The molecule has 0 radical (unpaired) electrons. The van der Waals surface area contributed by atoms with E-state index in [2.05, 4.69) is 71.7 Å². The number of nitriles is 4. The molecule has 142 heavy (non-hydrogen) atoms. The monoisotopic (exact) mass is 2120 g/mol. The highest BCUT2D eigenvalue weighted by Crippen LogP contribution is 2.56. The highest BCUT2D eigenvalue weighted by atomic mass is 79.9. The number of benzene rings is 8. The molecule has 0 saturated heterocycles. The number of aliphatic hydroxyl groups excluding tert-OH is 1. The van der Waals surface area contributed by atoms with E-state index in [0.29, 0.717) is 109 Å². The molecule has 8 aromatic carbocycles. The molecule has 3 saturated carbocycles. The fourth-order valence-electron chi connectivity index (χ4n) is 20.2. The second-order valence-electron chi connectivity index (χ2n) is 36.3. The standard InChI is InChI=1S/C30H29ClFN3O4.C30H27ClFN3O3.C28H24BrClFN3O2.C21H12BrClFN3O2/c1-29(2,38)21-12-24-27(25(32)13-21)30(20-7-9-22(31)10-8-20,39-26-5-3-4-19(26)17-36)35(28(24)37)16-23-11-6-18(14-33)15-34-23;1-3-20-5-4-6-27(20)38-30(22-8-10-23(31)11-9-22)28-25(13-21(18(2)36)14-26(28)32)29(37)35(30)17-24-12-7-19(15-33)16-34-24;1-2-18-4-3-5-25(18)36-28(19-7-9-21(30)10-8-19)26-23(12-20(29)13-24(26)31)27(35)34(28)16-22-11-6-17(14-32)15-33-22;22-14-7-17-19(18(24)8-14)21(29,13-2-4-15(23)5-3-13)27(20(17)28)11-16-6-1-12(9-25)10-26-16/h6-13,15,19,26,36,38H,3-5,16-17H2,1-2H3;7-14,16,20,27H,3-6,17H2,1-2H3;6-13,15,18,25H,2-5,16H2,1H3;1-8,10,29H,11H2/t19?,26?,30-;;;/m1.../s1. The zero-order chi connectivity index (χ0) is 101. The predicted molar refractivity (Wildman–Crippen MR) is 527 cm³/mol. The second kappa shape index (κ2) is 42.6. The molecule has 33 heteroatoms. The van der Waals surface area contributed by atoms with Gasteiger partial charge >= 0.3 is 0 Å². The molecular formula is C109H92Br2Cl4F4N12O11. The van der Waals surface area contributed by atoms with Gasteiger partial charge in [-0.3, -0.25) is 63.5 Å². The number of nitrogens with zero attached hydrogens (tertiary/aromatic N) is 12. The Balaban J connectivity index is 0.000000137. The Morgan fingerprint density at radius 3 is 1.04 bits per heavy atom. The van der Waals surface area contributed by atoms with Crippen LogP contribution in [0.15, 0.2) is 228 Å². The molecule has 0 bridgehead atoms. The molecule has 724 valence electrons. The predicted octanol–water partition coefficient (Wildman–Crippen LogP) is 22.7. The molecule has 7 aliphatic rings. The average Bonchev–Trinajstić information content (AvgIpc) is 1.55. The fourth-order valence-corrected chi connectivity index (χ4v) is 21.5. The first kappa shape index (κ1) is 102. The summed E-state index contributed by atoms with van der Waals surface area (Å²) in [5.41, 5.74) is -1.69. The normalized spacial score (nSPS) is 21.7. The van der Waals surface area contributed by atoms with Crippen LogP contribution < -0.4 is 0 Å². The van der Waals surface area contributed by atoms with Crippen LogP contribution in [0.1, 0.15) is 252 Å². The molecule has 10 atom stereocenters. The van der Waals surface area contributed by atoms with Crippen LogP contribution >= 0.6 is 78.3 Å². The summed E-state index contributed by atoms with van der Waals surface area (Å²) in [5, 5.41) is 70.8. The minimum atomic E-state index is -2.04. The molecule has 3 aliphatic carbocycles. The number of rotatable bonds is 23. The van der Waals surface area contributed by atoms with E-state index < -0.39 is 75.6 Å². The third-order valence-electron chi connectivity index (χ3n) is 27.3. The number of aliphatic hydroxyl groups is 3. The maximum Gasteiger partial charge on any atom is 0.257 e. The lowest BCUT2D eigenvalue weighted by Gasteiger charge is -2.42. The van der Waals surface area contributed by atoms with Crippen molar-refractivity contribution in [2.24, 2.45) is 17.8 Å². The van der Waals surface area contributed by atoms with Crippen LogP contribution in [-0.2, 0) is 68.9 Å². The van der Waals surface area contributed by atoms with Gasteiger partial charge in [0.1, 0.15) is 47.5 Å². The number of amides is 4. The molecule has 3 N–H and O–H groups in total. The Bertz CT molecular complexity index is 7040. The third kappa shape index (κ3) is 19.9. The summed E-state index contributed by atoms with van der Waals surface area (Å²) in [6.45, 7) is 8.47. The number of carbonyl (C=O) groups excluding carboxylic acids is 5. The van der Waals surface area contributed by atoms with Gasteiger partial charge in [-0.15, -0.1) is 0 Å². The maximum absolute atomic E-state index is 16.3. The summed E-state index contributed by atoms with van der Waals surface area (Å²) in [7, 11) is 0. The van der Waals surface area contributed by atoms with Gasteiger partial charge in [0.05, 0.1) is 140 Å². The molecule has 4 aliphatic heterocycles. The lowest BCUT2D eigenvalue weighted by atomic mass is 9.88. The van der Waals surface area contributed by atoms with Gasteiger partial charge in [0.2, 0.25) is 17.2 Å². The zero-order valence-corrected chi connectivity index (χ0v) is 83.5. The van der Waals surface area contributed by atoms with E-state index in [1.54, 1.807) is 157 Å². The van der Waals surface area contributed by atoms with Gasteiger partial charge in [-0.2, -0.15) is 21.0 Å². The molecule has 4 amide bonds. The zero-order valence-electron chi connectivity index (χ0n) is 77.3. The summed E-state index contributed by atoms with van der Waals surface area (Å²) in [4.78, 5) is 90.5. The molecule has 12 aromatic rings. The Labute approximate surface area is 854 Å². The SMILES string of the molecule is CC(C)(O)c1cc(F)c2c(c1)C(=O)N(Cc1ccc(C#N)cn1)[C@@]2(OC1CCCC1CO)c1ccc(Cl)cc1.CCC1CCCC1OC1(c2ccc(Cl)cc2)c2c(F)cc(Br)cc2C(=O)N1Cc1ccc(C#N)cn1.CCC1CCCC1OC1(c2ccc(Cl)cc2)c2c(F)cc(C(C)=O)cc2C(=O)N1Cc1ccc(C#N)cn1.N#Cc1ccc(CN2C(=O)c3cc(Br)cc(F)c3C2(O)c2ccc(Cl)cc2)nc1. The first-order chi connectivity index (χ1) is 68.1. The van der Waals surface area contributed by atoms with Gasteiger partial charge in [0.15, 0.2) is 11.5 Å². The first-order valence-corrected chi connectivity index (χ1v) is 49.2. The minimum Gasteiger partial charge on any atom is -0.396 e. The summed E-state index contributed by atoms with van der Waals surface area (Å²) < 4.78 is 84.9. The lowest BCUT2D eigenvalue weighted by Crippen LogP contribution is -2.49. The third-order valence-corrected chi connectivity index (χ3v) is 29.2. The number of halogens is 10. The van der Waals surface area contributed by atoms with Gasteiger partial charge in [-0.25, -0.2) is 17.6 Å². The minimum absolute atomic E-state index is 0.000203. The van der Waals surface area contributed by atoms with Gasteiger partial charge in [-0.1, -0.05) is 173 Å². The van der Waals surface area contributed by atoms with Crippen LogP contribution in [0.4, 0.5) is 17.6 Å². The lowest BCUT2D eigenvalue weighted by molar-refractivity contribution is -0.162. The molecule has 23 nitrogen and oxygen atoms in total. The fraction of sp³-hybridized carbons (Fsp3) is 0.294. The maximum atomic E-state index is 16.3. The van der Waals surface area contributed by atoms with Crippen molar-refractivity contribution in [3.63, 3.8) is 0 Å². The second-order valence-corrected chi connectivity index (χ2v) is 39.9. The van der Waals surface area contributed by atoms with Gasteiger partial charge in [0, 0.05) is 94.2 Å². The molecule has 4 aromatic heterocycles. The molecule has 9 unspecified atom stereocenters. The van der Waals surface area contributed by atoms with Crippen LogP contribution in [0.25, 0.3) is 0 Å². The van der Waals surface area contributed by atoms with E-state index in [-0.39, 0.29) is 124 Å². The number of hydrogen-bond acceptors (Lipinski definition) is 19. The highest BCUT2D eigenvalue weighted by Gasteiger charge is 2.61. The molecular weight excluding hydrogens is 2030 g/mol. The van der Waals surface area contributed by atoms with E-state index in [1.807, 2.05) is 18.2 Å². The van der Waals surface area contributed by atoms with E-state index >= 15 is 13.2 Å². The quantitative estimate of drug-likeness (QED) is 0.0395. The Morgan fingerprint density at radius 2 is 0.718 bits per heavy atom. The van der Waals surface area contributed by atoms with Gasteiger partial charge < -0.3 is 29.5 Å². The smallest absolute Gasteiger partial charge is 0.257 e. The van der Waals surface area contributed by atoms with Crippen molar-refractivity contribution in [3.8, 4) is 24.3 Å². The van der Waals surface area contributed by atoms with E-state index in [4.69, 9.17) is 71.1 Å². The van der Waals surface area contributed by atoms with Crippen molar-refractivity contribution in [3.05, 3.63) is 394 Å². The van der Waals surface area contributed by atoms with Crippen LogP contribution in [-0.4, -0.2) is 109 Å². The van der Waals surface area contributed by atoms with Crippen molar-refractivity contribution in [1.29, 1.82) is 21.0 Å². The summed E-state index contributed by atoms with van der Waals surface area (Å²) >= 11 is 31.2. The number of ether oxygens (including phenoxy) is 3. The number of fused-ring (bicyclic) bond motifs is 4. The number of aromatic nitrogens is 4. The van der Waals surface area contributed by atoms with Crippen LogP contribution in [0.2, 0.25) is 20.1 Å². The Kier molecular flexibility index (Phi) is 30.7. The van der Waals surface area contributed by atoms with Crippen molar-refractivity contribution in [2.45, 2.75) is 178 Å². The van der Waals surface area contributed by atoms with Crippen LogP contribution in [0, 0.1) is 86.3 Å². The summed E-state index contributed by atoms with van der Waals surface area (Å²) in [6, 6.07) is 59.1. The molecule has 19 rings (SSSR count). The summed E-state index contributed by atoms with van der Waals surface area (Å²) in [5.74, 6) is -4.41. The molecule has 0 spiro atoms. The van der Waals surface area contributed by atoms with Crippen LogP contribution in [0.5, 0.6) is 0 Å². The molecule has 3 fully saturated rings. The average molecular weight is 2120 g/mol. The largest absolute Gasteiger partial charge is 0.396 e. The van der Waals surface area contributed by atoms with Crippen molar-refractivity contribution < 1.29 is 71.1 Å². The summed E-state index contributed by atoms with van der Waals surface area (Å²) in [6.07, 6.45) is 14.5. The number of hydrogen-bond donors (Lipinski definition) is 3. The van der Waals surface area contributed by atoms with E-state index in [9.17, 15) is 54.2 Å². The number of carbonyl (C=O) groups is 5. The van der Waals surface area contributed by atoms with Crippen molar-refractivity contribution in [1.82, 2.24) is 39.5 Å². The van der Waals surface area contributed by atoms with E-state index in [0.717, 1.165) is 69.1 Å². The number of Topliss-reactive ketones (excluding diaryl/α,β-unsaturated/α-hetero) is 1. The van der Waals surface area contributed by atoms with E-state index in [1.165, 1.54) is 97.8 Å². The topological polar surface area (TPSA) is 333 Å². The number of pyridine rings is 4. The molecule has 8 heterocycles. The van der Waals surface area contributed by atoms with Gasteiger partial charge in [-0.05, 0) is 222 Å². The van der Waals surface area contributed by atoms with Crippen molar-refractivity contribution in [2.75, 3.05) is 6.61 Å². The highest BCUT2D eigenvalue weighted by molar-refractivity contribution is 9.10. The van der Waals surface area contributed by atoms with Gasteiger partial charge in [0.25, 0.3) is 23.6 Å². The number of ketones is 1. The Hall–Kier alpha value is -12.5. The van der Waals surface area contributed by atoms with Crippen molar-refractivity contribution >= 4 is 108 Å². The first-order valence-electron chi connectivity index (χ1n) is 46.1.